The molecule has 3 aromatic heterocycles. The summed E-state index contributed by atoms with van der Waals surface area (Å²) in [5, 5.41) is 24.5. The van der Waals surface area contributed by atoms with Gasteiger partial charge in [-0.15, -0.1) is 5.10 Å². The Hall–Kier alpha value is -3.64. The largest absolute Gasteiger partial charge is 0.381 e. The van der Waals surface area contributed by atoms with E-state index < -0.39 is 23.3 Å². The average Bonchev–Trinajstić information content (AvgIpc) is 3.48. The van der Waals surface area contributed by atoms with E-state index in [1.165, 1.54) is 29.7 Å². The smallest absolute Gasteiger partial charge is 0.137 e. The minimum absolute atomic E-state index is 0.0132. The highest BCUT2D eigenvalue weighted by Crippen LogP contribution is 2.35. The Kier molecular flexibility index (Phi) is 5.38. The summed E-state index contributed by atoms with van der Waals surface area (Å²) in [5.41, 5.74) is 0.485. The van der Waals surface area contributed by atoms with Crippen molar-refractivity contribution < 1.29 is 13.9 Å². The first-order chi connectivity index (χ1) is 16.0. The van der Waals surface area contributed by atoms with Crippen LogP contribution in [0.2, 0.25) is 0 Å². The summed E-state index contributed by atoms with van der Waals surface area (Å²) in [7, 11) is 0. The third kappa shape index (κ3) is 3.87. The molecule has 1 N–H and O–H groups in total. The first-order valence-corrected chi connectivity index (χ1v) is 10.4. The van der Waals surface area contributed by atoms with Gasteiger partial charge in [-0.25, -0.2) is 33.1 Å². The number of aromatic nitrogens is 8. The van der Waals surface area contributed by atoms with Crippen molar-refractivity contribution in [3.8, 4) is 11.3 Å². The lowest BCUT2D eigenvalue weighted by molar-refractivity contribution is -0.0710. The molecule has 1 aliphatic heterocycles. The molecule has 2 atom stereocenters. The van der Waals surface area contributed by atoms with Gasteiger partial charge in [-0.2, -0.15) is 5.10 Å². The summed E-state index contributed by atoms with van der Waals surface area (Å²) >= 11 is 0. The summed E-state index contributed by atoms with van der Waals surface area (Å²) in [6, 6.07) is 2.61. The molecule has 0 amide bonds. The third-order valence-corrected chi connectivity index (χ3v) is 6.13. The second-order valence-electron chi connectivity index (χ2n) is 8.02. The maximum absolute atomic E-state index is 14.9. The van der Waals surface area contributed by atoms with E-state index in [4.69, 9.17) is 0 Å². The number of rotatable bonds is 6. The van der Waals surface area contributed by atoms with Gasteiger partial charge in [0.2, 0.25) is 0 Å². The molecule has 12 heteroatoms. The van der Waals surface area contributed by atoms with E-state index in [9.17, 15) is 13.9 Å². The zero-order chi connectivity index (χ0) is 23.0. The number of hydrogen-bond donors (Lipinski definition) is 1. The molecule has 0 saturated heterocycles. The van der Waals surface area contributed by atoms with Crippen molar-refractivity contribution in [2.45, 2.75) is 38.2 Å². The van der Waals surface area contributed by atoms with E-state index in [-0.39, 0.29) is 12.1 Å². The molecule has 170 valence electrons. The standard InChI is InChI=1S/C21H21F2N9O/c1-14(21(33,10-31-13-26-12-27-31)17-3-2-16(22)6-18(17)23)30-4-5-32-19(9-30)20(28-29-32)15-7-24-11-25-8-15/h2-3,6-8,11-14,33H,4-5,9-10H2,1H3/t14-,21-/m1/s1. The molecule has 0 unspecified atom stereocenters. The Morgan fingerprint density at radius 2 is 1.94 bits per heavy atom. The molecule has 1 aromatic carbocycles. The monoisotopic (exact) mass is 453 g/mol. The molecule has 0 radical (unpaired) electrons. The fourth-order valence-electron chi connectivity index (χ4n) is 4.29. The van der Waals surface area contributed by atoms with Crippen molar-refractivity contribution in [1.82, 2.24) is 44.6 Å². The van der Waals surface area contributed by atoms with Crippen LogP contribution < -0.4 is 0 Å². The van der Waals surface area contributed by atoms with Crippen LogP contribution >= 0.6 is 0 Å². The Morgan fingerprint density at radius 1 is 1.12 bits per heavy atom. The number of halogens is 2. The second-order valence-corrected chi connectivity index (χ2v) is 8.02. The molecule has 33 heavy (non-hydrogen) atoms. The van der Waals surface area contributed by atoms with Gasteiger partial charge in [0.15, 0.2) is 0 Å². The van der Waals surface area contributed by atoms with Gasteiger partial charge in [-0.1, -0.05) is 11.3 Å². The van der Waals surface area contributed by atoms with Crippen LogP contribution in [0.1, 0.15) is 18.2 Å². The van der Waals surface area contributed by atoms with Crippen LogP contribution in [0.3, 0.4) is 0 Å². The molecule has 0 fully saturated rings. The molecular formula is C21H21F2N9O. The van der Waals surface area contributed by atoms with Crippen LogP contribution in [-0.4, -0.2) is 62.3 Å². The molecule has 0 aliphatic carbocycles. The van der Waals surface area contributed by atoms with Gasteiger partial charge in [-0.05, 0) is 13.0 Å². The highest BCUT2D eigenvalue weighted by molar-refractivity contribution is 5.59. The van der Waals surface area contributed by atoms with Crippen molar-refractivity contribution >= 4 is 0 Å². The topological polar surface area (TPSA) is 111 Å². The summed E-state index contributed by atoms with van der Waals surface area (Å²) in [5.74, 6) is -1.54. The van der Waals surface area contributed by atoms with Crippen LogP contribution in [0.25, 0.3) is 11.3 Å². The van der Waals surface area contributed by atoms with Gasteiger partial charge in [0.25, 0.3) is 0 Å². The van der Waals surface area contributed by atoms with Crippen molar-refractivity contribution in [3.63, 3.8) is 0 Å². The number of nitrogens with zero attached hydrogens (tertiary/aromatic N) is 9. The van der Waals surface area contributed by atoms with Crippen LogP contribution in [0.5, 0.6) is 0 Å². The first kappa shape index (κ1) is 21.2. The average molecular weight is 453 g/mol. The number of aliphatic hydroxyl groups is 1. The quantitative estimate of drug-likeness (QED) is 0.467. The van der Waals surface area contributed by atoms with E-state index in [0.717, 1.165) is 23.4 Å². The molecular weight excluding hydrogens is 432 g/mol. The van der Waals surface area contributed by atoms with Gasteiger partial charge < -0.3 is 5.11 Å². The van der Waals surface area contributed by atoms with Crippen molar-refractivity contribution in [3.05, 3.63) is 72.5 Å². The first-order valence-electron chi connectivity index (χ1n) is 10.4. The van der Waals surface area contributed by atoms with Gasteiger partial charge in [0, 0.05) is 48.7 Å². The summed E-state index contributed by atoms with van der Waals surface area (Å²) < 4.78 is 31.7. The van der Waals surface area contributed by atoms with E-state index in [2.05, 4.69) is 30.4 Å². The molecule has 0 saturated carbocycles. The van der Waals surface area contributed by atoms with E-state index >= 15 is 0 Å². The fraction of sp³-hybridized carbons (Fsp3) is 0.333. The molecule has 5 rings (SSSR count). The third-order valence-electron chi connectivity index (χ3n) is 6.13. The van der Waals surface area contributed by atoms with Crippen LogP contribution in [0, 0.1) is 11.6 Å². The lowest BCUT2D eigenvalue weighted by Gasteiger charge is -2.42. The highest BCUT2D eigenvalue weighted by Gasteiger charge is 2.43. The summed E-state index contributed by atoms with van der Waals surface area (Å²) in [6.07, 6.45) is 7.55. The Balaban J connectivity index is 1.51. The van der Waals surface area contributed by atoms with Crippen molar-refractivity contribution in [2.24, 2.45) is 0 Å². The van der Waals surface area contributed by atoms with Gasteiger partial charge in [0.05, 0.1) is 18.8 Å². The normalized spacial score (nSPS) is 16.8. The summed E-state index contributed by atoms with van der Waals surface area (Å²) in [6.45, 7) is 3.23. The second kappa shape index (κ2) is 8.37. The van der Waals surface area contributed by atoms with E-state index in [1.807, 2.05) is 11.8 Å². The SMILES string of the molecule is C[C@@H](N1CCn2nnc(-c3cncnc3)c2C1)[C@](O)(Cn1cncn1)c1ccc(F)cc1F. The highest BCUT2D eigenvalue weighted by atomic mass is 19.1. The Labute approximate surface area is 187 Å². The molecule has 1 aliphatic rings. The summed E-state index contributed by atoms with van der Waals surface area (Å²) in [4.78, 5) is 14.0. The molecule has 0 bridgehead atoms. The zero-order valence-electron chi connectivity index (χ0n) is 17.8. The molecule has 4 aromatic rings. The van der Waals surface area contributed by atoms with Crippen LogP contribution in [0.4, 0.5) is 8.78 Å². The van der Waals surface area contributed by atoms with Gasteiger partial charge >= 0.3 is 0 Å². The number of benzene rings is 1. The molecule has 4 heterocycles. The number of fused-ring (bicyclic) bond motifs is 1. The fourth-order valence-corrected chi connectivity index (χ4v) is 4.29. The van der Waals surface area contributed by atoms with Gasteiger partial charge in [-0.3, -0.25) is 4.90 Å². The maximum atomic E-state index is 14.9. The maximum Gasteiger partial charge on any atom is 0.137 e. The minimum atomic E-state index is -1.73. The Morgan fingerprint density at radius 3 is 2.67 bits per heavy atom. The molecule has 10 nitrogen and oxygen atoms in total. The lowest BCUT2D eigenvalue weighted by Crippen LogP contribution is -2.53. The predicted molar refractivity (Wildman–Crippen MR) is 111 cm³/mol. The van der Waals surface area contributed by atoms with Gasteiger partial charge in [0.1, 0.15) is 41.9 Å². The Bertz CT molecular complexity index is 1250. The van der Waals surface area contributed by atoms with E-state index in [1.54, 1.807) is 17.1 Å². The predicted octanol–water partition coefficient (Wildman–Crippen LogP) is 1.40. The molecule has 0 spiro atoms. The lowest BCUT2D eigenvalue weighted by atomic mass is 9.85. The van der Waals surface area contributed by atoms with Crippen LogP contribution in [-0.2, 0) is 25.2 Å². The number of hydrogen-bond acceptors (Lipinski definition) is 8. The van der Waals surface area contributed by atoms with E-state index in [0.29, 0.717) is 25.3 Å². The van der Waals surface area contributed by atoms with Crippen molar-refractivity contribution in [1.29, 1.82) is 0 Å². The minimum Gasteiger partial charge on any atom is -0.381 e. The van der Waals surface area contributed by atoms with Crippen LogP contribution in [0.15, 0.2) is 49.6 Å². The van der Waals surface area contributed by atoms with Crippen molar-refractivity contribution in [2.75, 3.05) is 6.54 Å². The zero-order valence-corrected chi connectivity index (χ0v) is 17.8.